The molecule has 3 aromatic carbocycles. The predicted octanol–water partition coefficient (Wildman–Crippen LogP) is 2.60. The maximum atomic E-state index is 5.27. The third kappa shape index (κ3) is 2.19. The zero-order valence-corrected chi connectivity index (χ0v) is 10.8. The van der Waals surface area contributed by atoms with Crippen molar-refractivity contribution in [2.45, 2.75) is 0 Å². The minimum atomic E-state index is -0.0497. The summed E-state index contributed by atoms with van der Waals surface area (Å²) in [5, 5.41) is 12.3. The average Bonchev–Trinajstić information content (AvgIpc) is 2.47. The van der Waals surface area contributed by atoms with Crippen molar-refractivity contribution in [1.82, 2.24) is 0 Å². The highest BCUT2D eigenvalue weighted by atomic mass is 15.3. The van der Waals surface area contributed by atoms with Gasteiger partial charge in [0.25, 0.3) is 0 Å². The van der Waals surface area contributed by atoms with Gasteiger partial charge in [0.05, 0.1) is 6.21 Å². The van der Waals surface area contributed by atoms with Crippen molar-refractivity contribution in [2.24, 2.45) is 21.7 Å². The molecule has 0 heterocycles. The molecular weight excluding hydrogens is 248 g/mol. The Morgan fingerprint density at radius 3 is 2.25 bits per heavy atom. The lowest BCUT2D eigenvalue weighted by molar-refractivity contribution is 1.22. The normalized spacial score (nSPS) is 11.2. The molecule has 0 radical (unpaired) electrons. The molecule has 4 heteroatoms. The van der Waals surface area contributed by atoms with Crippen molar-refractivity contribution < 1.29 is 0 Å². The zero-order valence-electron chi connectivity index (χ0n) is 10.8. The van der Waals surface area contributed by atoms with Gasteiger partial charge in [-0.05, 0) is 27.6 Å². The number of benzene rings is 3. The number of fused-ring (bicyclic) bond motifs is 3. The van der Waals surface area contributed by atoms with E-state index in [1.54, 1.807) is 6.21 Å². The summed E-state index contributed by atoms with van der Waals surface area (Å²) in [5.74, 6) is -0.0497. The first-order valence-corrected chi connectivity index (χ1v) is 6.28. The fourth-order valence-electron chi connectivity index (χ4n) is 2.35. The minimum Gasteiger partial charge on any atom is -0.369 e. The quantitative estimate of drug-likeness (QED) is 0.322. The van der Waals surface area contributed by atoms with Gasteiger partial charge in [-0.25, -0.2) is 0 Å². The molecular formula is C16H14N4. The summed E-state index contributed by atoms with van der Waals surface area (Å²) in [7, 11) is 0. The highest BCUT2D eigenvalue weighted by molar-refractivity contribution is 6.14. The molecule has 0 aliphatic heterocycles. The molecule has 0 unspecified atom stereocenters. The van der Waals surface area contributed by atoms with Crippen LogP contribution in [0.2, 0.25) is 0 Å². The summed E-state index contributed by atoms with van der Waals surface area (Å²) in [4.78, 5) is 0. The zero-order chi connectivity index (χ0) is 13.9. The van der Waals surface area contributed by atoms with Crippen LogP contribution in [0.5, 0.6) is 0 Å². The van der Waals surface area contributed by atoms with Crippen molar-refractivity contribution in [3.05, 3.63) is 60.2 Å². The van der Waals surface area contributed by atoms with Crippen molar-refractivity contribution in [2.75, 3.05) is 0 Å². The number of rotatable bonds is 2. The summed E-state index contributed by atoms with van der Waals surface area (Å²) in [6.45, 7) is 0. The molecule has 0 aliphatic carbocycles. The van der Waals surface area contributed by atoms with Gasteiger partial charge in [0.15, 0.2) is 0 Å². The molecule has 20 heavy (non-hydrogen) atoms. The molecule has 3 rings (SSSR count). The van der Waals surface area contributed by atoms with Crippen LogP contribution in [0.3, 0.4) is 0 Å². The number of nitrogens with zero attached hydrogens (tertiary/aromatic N) is 2. The molecule has 0 fully saturated rings. The molecule has 4 N–H and O–H groups in total. The Hall–Kier alpha value is -2.88. The second-order valence-corrected chi connectivity index (χ2v) is 4.50. The summed E-state index contributed by atoms with van der Waals surface area (Å²) in [6, 6.07) is 18.6. The molecule has 0 spiro atoms. The Bertz CT molecular complexity index is 830. The Morgan fingerprint density at radius 2 is 1.50 bits per heavy atom. The van der Waals surface area contributed by atoms with Gasteiger partial charge in [-0.15, -0.1) is 5.10 Å². The highest BCUT2D eigenvalue weighted by Crippen LogP contribution is 2.27. The number of guanidine groups is 1. The lowest BCUT2D eigenvalue weighted by Crippen LogP contribution is -2.21. The Kier molecular flexibility index (Phi) is 3.05. The van der Waals surface area contributed by atoms with Crippen molar-refractivity contribution in [3.63, 3.8) is 0 Å². The van der Waals surface area contributed by atoms with Gasteiger partial charge < -0.3 is 11.5 Å². The molecule has 3 aromatic rings. The first kappa shape index (κ1) is 12.2. The van der Waals surface area contributed by atoms with E-state index in [2.05, 4.69) is 40.5 Å². The van der Waals surface area contributed by atoms with E-state index < -0.39 is 0 Å². The SMILES string of the molecule is NC(N)=N/N=C/c1cc2ccccc2c2ccccc12. The molecule has 0 aromatic heterocycles. The van der Waals surface area contributed by atoms with Gasteiger partial charge in [0, 0.05) is 5.56 Å². The summed E-state index contributed by atoms with van der Waals surface area (Å²) in [6.07, 6.45) is 1.68. The van der Waals surface area contributed by atoms with Crippen molar-refractivity contribution in [3.8, 4) is 0 Å². The van der Waals surface area contributed by atoms with E-state index in [4.69, 9.17) is 11.5 Å². The van der Waals surface area contributed by atoms with Crippen LogP contribution in [0, 0.1) is 0 Å². The standard InChI is InChI=1S/C16H14N4/c17-16(18)20-19-10-12-9-11-5-1-2-6-13(11)15-8-4-3-7-14(12)15/h1-10H,(H4,17,18,20)/b19-10+. The van der Waals surface area contributed by atoms with Crippen LogP contribution in [-0.4, -0.2) is 12.2 Å². The fourth-order valence-corrected chi connectivity index (χ4v) is 2.35. The van der Waals surface area contributed by atoms with Crippen molar-refractivity contribution in [1.29, 1.82) is 0 Å². The third-order valence-corrected chi connectivity index (χ3v) is 3.17. The topological polar surface area (TPSA) is 76.8 Å². The van der Waals surface area contributed by atoms with Crippen LogP contribution >= 0.6 is 0 Å². The van der Waals surface area contributed by atoms with Crippen LogP contribution in [-0.2, 0) is 0 Å². The Morgan fingerprint density at radius 1 is 0.850 bits per heavy atom. The van der Waals surface area contributed by atoms with Gasteiger partial charge in [0.1, 0.15) is 0 Å². The van der Waals surface area contributed by atoms with Crippen LogP contribution in [0.25, 0.3) is 21.5 Å². The second-order valence-electron chi connectivity index (χ2n) is 4.50. The fraction of sp³-hybridized carbons (Fsp3) is 0. The summed E-state index contributed by atoms with van der Waals surface area (Å²) in [5.41, 5.74) is 11.5. The molecule has 0 aliphatic rings. The van der Waals surface area contributed by atoms with E-state index >= 15 is 0 Å². The lowest BCUT2D eigenvalue weighted by Gasteiger charge is -2.06. The van der Waals surface area contributed by atoms with Crippen LogP contribution < -0.4 is 11.5 Å². The maximum Gasteiger partial charge on any atom is 0.211 e. The van der Waals surface area contributed by atoms with Gasteiger partial charge >= 0.3 is 0 Å². The van der Waals surface area contributed by atoms with Crippen LogP contribution in [0.1, 0.15) is 5.56 Å². The molecule has 0 atom stereocenters. The number of hydrogen-bond donors (Lipinski definition) is 2. The number of hydrogen-bond acceptors (Lipinski definition) is 2. The molecule has 4 nitrogen and oxygen atoms in total. The van der Waals surface area contributed by atoms with E-state index in [0.29, 0.717) is 0 Å². The van der Waals surface area contributed by atoms with Gasteiger partial charge in [-0.3, -0.25) is 0 Å². The summed E-state index contributed by atoms with van der Waals surface area (Å²) < 4.78 is 0. The van der Waals surface area contributed by atoms with Crippen molar-refractivity contribution >= 4 is 33.7 Å². The van der Waals surface area contributed by atoms with Gasteiger partial charge in [0.2, 0.25) is 5.96 Å². The molecule has 0 amide bonds. The highest BCUT2D eigenvalue weighted by Gasteiger charge is 2.04. The largest absolute Gasteiger partial charge is 0.369 e. The van der Waals surface area contributed by atoms with Gasteiger partial charge in [-0.2, -0.15) is 5.10 Å². The third-order valence-electron chi connectivity index (χ3n) is 3.17. The first-order valence-electron chi connectivity index (χ1n) is 6.28. The average molecular weight is 262 g/mol. The lowest BCUT2D eigenvalue weighted by atomic mass is 9.98. The molecule has 98 valence electrons. The maximum absolute atomic E-state index is 5.27. The molecule has 0 saturated carbocycles. The Labute approximate surface area is 116 Å². The van der Waals surface area contributed by atoms with E-state index in [1.165, 1.54) is 10.8 Å². The monoisotopic (exact) mass is 262 g/mol. The van der Waals surface area contributed by atoms with Gasteiger partial charge in [-0.1, -0.05) is 48.5 Å². The van der Waals surface area contributed by atoms with E-state index in [1.807, 2.05) is 24.3 Å². The Balaban J connectivity index is 2.29. The molecule has 0 saturated heterocycles. The van der Waals surface area contributed by atoms with E-state index in [-0.39, 0.29) is 5.96 Å². The van der Waals surface area contributed by atoms with E-state index in [9.17, 15) is 0 Å². The summed E-state index contributed by atoms with van der Waals surface area (Å²) >= 11 is 0. The first-order chi connectivity index (χ1) is 9.75. The van der Waals surface area contributed by atoms with Crippen LogP contribution in [0.15, 0.2) is 64.8 Å². The minimum absolute atomic E-state index is 0.0497. The second kappa shape index (κ2) is 5.01. The smallest absolute Gasteiger partial charge is 0.211 e. The number of nitrogens with two attached hydrogens (primary N) is 2. The van der Waals surface area contributed by atoms with Crippen LogP contribution in [0.4, 0.5) is 0 Å². The van der Waals surface area contributed by atoms with E-state index in [0.717, 1.165) is 16.3 Å². The molecule has 0 bridgehead atoms. The predicted molar refractivity (Wildman–Crippen MR) is 84.9 cm³/mol.